The molecule has 2 fully saturated rings. The van der Waals surface area contributed by atoms with Crippen molar-refractivity contribution >= 4 is 11.0 Å². The van der Waals surface area contributed by atoms with Crippen molar-refractivity contribution < 1.29 is 4.74 Å². The first-order chi connectivity index (χ1) is 21.5. The van der Waals surface area contributed by atoms with Crippen LogP contribution in [-0.2, 0) is 23.0 Å². The minimum Gasteiger partial charge on any atom is -0.378 e. The van der Waals surface area contributed by atoms with Gasteiger partial charge in [-0.2, -0.15) is 10.4 Å². The van der Waals surface area contributed by atoms with Crippen LogP contribution in [0.2, 0.25) is 0 Å². The Morgan fingerprint density at radius 3 is 2.39 bits per heavy atom. The molecule has 0 amide bonds. The van der Waals surface area contributed by atoms with Gasteiger partial charge in [-0.15, -0.1) is 0 Å². The molecule has 44 heavy (non-hydrogen) atoms. The molecule has 1 N–H and O–H groups in total. The number of nitriles is 1. The summed E-state index contributed by atoms with van der Waals surface area (Å²) in [6.07, 6.45) is 9.76. The first kappa shape index (κ1) is 27.2. The van der Waals surface area contributed by atoms with Crippen molar-refractivity contribution in [3.8, 4) is 39.7 Å². The van der Waals surface area contributed by atoms with Crippen LogP contribution < -0.4 is 0 Å². The standard InChI is InChI=1S/C37H36N6O/c1-37(2,22-38)33-4-3-15-39-35(33)25-8-6-24(7-9-25)34-32-17-28(19-40-36(32)42-41-34)27-10-5-23-11-13-29(14-12-26(23)16-27)43-30-18-31(43)21-44-20-30/h3-10,15-17,19,29-31H,11-14,18,20-21H2,1-2H3,(H,40,41,42)/t29-,30?,31?/m0/s1. The number of ether oxygens (including phenoxy) is 1. The van der Waals surface area contributed by atoms with Crippen LogP contribution in [-0.4, -0.2) is 56.4 Å². The third-order valence-corrected chi connectivity index (χ3v) is 10.1. The first-order valence-corrected chi connectivity index (χ1v) is 15.8. The number of hydrogen-bond donors (Lipinski definition) is 1. The van der Waals surface area contributed by atoms with Gasteiger partial charge < -0.3 is 4.74 Å². The number of aryl methyl sites for hydroxylation is 2. The lowest BCUT2D eigenvalue weighted by atomic mass is 9.83. The van der Waals surface area contributed by atoms with Gasteiger partial charge >= 0.3 is 0 Å². The van der Waals surface area contributed by atoms with Crippen LogP contribution >= 0.6 is 0 Å². The van der Waals surface area contributed by atoms with Crippen LogP contribution in [0.5, 0.6) is 0 Å². The van der Waals surface area contributed by atoms with E-state index in [4.69, 9.17) is 9.72 Å². The van der Waals surface area contributed by atoms with Gasteiger partial charge in [-0.1, -0.05) is 48.5 Å². The molecule has 2 aliphatic heterocycles. The summed E-state index contributed by atoms with van der Waals surface area (Å²) in [4.78, 5) is 12.1. The number of rotatable bonds is 5. The third kappa shape index (κ3) is 4.61. The predicted molar refractivity (Wildman–Crippen MR) is 172 cm³/mol. The zero-order valence-electron chi connectivity index (χ0n) is 25.3. The molecule has 2 aromatic carbocycles. The number of morpholine rings is 1. The van der Waals surface area contributed by atoms with Crippen LogP contribution in [0, 0.1) is 11.3 Å². The Labute approximate surface area is 257 Å². The maximum Gasteiger partial charge on any atom is 0.181 e. The van der Waals surface area contributed by atoms with Crippen molar-refractivity contribution in [2.24, 2.45) is 0 Å². The third-order valence-electron chi connectivity index (χ3n) is 10.1. The molecule has 5 aromatic rings. The SMILES string of the molecule is CC(C)(C#N)c1cccnc1-c1ccc(-c2[nH]nc3ncc(-c4ccc5c(c4)CC[C@@H](N4C6COCC4C6)CC5)cc23)cc1. The highest BCUT2D eigenvalue weighted by molar-refractivity contribution is 5.93. The average Bonchev–Trinajstić information content (AvgIpc) is 3.39. The van der Waals surface area contributed by atoms with E-state index in [0.29, 0.717) is 23.8 Å². The van der Waals surface area contributed by atoms with Crippen molar-refractivity contribution in [2.45, 2.75) is 69.5 Å². The van der Waals surface area contributed by atoms with Crippen LogP contribution in [0.4, 0.5) is 0 Å². The number of H-pyrrole nitrogens is 1. The molecule has 7 nitrogen and oxygen atoms in total. The van der Waals surface area contributed by atoms with Crippen LogP contribution in [0.1, 0.15) is 49.8 Å². The molecule has 2 bridgehead atoms. The average molecular weight is 581 g/mol. The zero-order valence-corrected chi connectivity index (χ0v) is 25.3. The predicted octanol–water partition coefficient (Wildman–Crippen LogP) is 6.88. The highest BCUT2D eigenvalue weighted by Gasteiger charge is 2.45. The second-order valence-electron chi connectivity index (χ2n) is 13.2. The Hall–Kier alpha value is -4.38. The van der Waals surface area contributed by atoms with E-state index in [0.717, 1.165) is 65.1 Å². The molecule has 0 radical (unpaired) electrons. The summed E-state index contributed by atoms with van der Waals surface area (Å²) in [7, 11) is 0. The second kappa shape index (κ2) is 10.7. The van der Waals surface area contributed by atoms with Gasteiger partial charge in [0.1, 0.15) is 0 Å². The van der Waals surface area contributed by atoms with Gasteiger partial charge in [0.25, 0.3) is 0 Å². The van der Waals surface area contributed by atoms with Gasteiger partial charge in [-0.25, -0.2) is 4.98 Å². The first-order valence-electron chi connectivity index (χ1n) is 15.8. The molecule has 0 saturated carbocycles. The van der Waals surface area contributed by atoms with Crippen LogP contribution in [0.15, 0.2) is 73.1 Å². The van der Waals surface area contributed by atoms with Crippen molar-refractivity contribution in [1.29, 1.82) is 5.26 Å². The van der Waals surface area contributed by atoms with E-state index in [9.17, 15) is 5.26 Å². The Bertz CT molecular complexity index is 1890. The molecule has 1 aliphatic carbocycles. The smallest absolute Gasteiger partial charge is 0.181 e. The normalized spacial score (nSPS) is 21.7. The summed E-state index contributed by atoms with van der Waals surface area (Å²) < 4.78 is 5.75. The van der Waals surface area contributed by atoms with E-state index in [1.807, 2.05) is 32.2 Å². The van der Waals surface area contributed by atoms with Gasteiger partial charge in [-0.05, 0) is 80.3 Å². The number of benzene rings is 2. The molecule has 5 heterocycles. The quantitative estimate of drug-likeness (QED) is 0.228. The zero-order chi connectivity index (χ0) is 29.8. The van der Waals surface area contributed by atoms with E-state index < -0.39 is 5.41 Å². The number of nitrogens with zero attached hydrogens (tertiary/aromatic N) is 5. The monoisotopic (exact) mass is 580 g/mol. The van der Waals surface area contributed by atoms with E-state index in [1.165, 1.54) is 36.0 Å². The molecule has 7 heteroatoms. The number of hydrogen-bond acceptors (Lipinski definition) is 6. The molecule has 3 aliphatic rings. The molecule has 3 aromatic heterocycles. The molecule has 0 spiro atoms. The van der Waals surface area contributed by atoms with E-state index in [-0.39, 0.29) is 0 Å². The van der Waals surface area contributed by atoms with Gasteiger partial charge in [0.2, 0.25) is 0 Å². The van der Waals surface area contributed by atoms with Gasteiger partial charge in [0.05, 0.1) is 36.1 Å². The van der Waals surface area contributed by atoms with Crippen molar-refractivity contribution in [3.63, 3.8) is 0 Å². The number of nitrogens with one attached hydrogen (secondary N) is 1. The molecule has 2 saturated heterocycles. The fraction of sp³-hybridized carbons (Fsp3) is 0.351. The molecule has 8 rings (SSSR count). The molecule has 220 valence electrons. The number of aromatic amines is 1. The summed E-state index contributed by atoms with van der Waals surface area (Å²) in [5.74, 6) is 0. The maximum absolute atomic E-state index is 9.73. The van der Waals surface area contributed by atoms with Crippen molar-refractivity contribution in [3.05, 3.63) is 89.7 Å². The summed E-state index contributed by atoms with van der Waals surface area (Å²) in [6, 6.07) is 25.7. The van der Waals surface area contributed by atoms with Gasteiger partial charge in [-0.3, -0.25) is 15.0 Å². The topological polar surface area (TPSA) is 90.7 Å². The molecule has 3 atom stereocenters. The fourth-order valence-electron chi connectivity index (χ4n) is 7.60. The lowest BCUT2D eigenvalue weighted by Crippen LogP contribution is -2.66. The lowest BCUT2D eigenvalue weighted by molar-refractivity contribution is -0.148. The highest BCUT2D eigenvalue weighted by Crippen LogP contribution is 2.38. The Kier molecular flexibility index (Phi) is 6.58. The molecular formula is C37H36N6O. The van der Waals surface area contributed by atoms with E-state index >= 15 is 0 Å². The van der Waals surface area contributed by atoms with E-state index in [1.54, 1.807) is 6.20 Å². The highest BCUT2D eigenvalue weighted by atomic mass is 16.5. The van der Waals surface area contributed by atoms with Crippen LogP contribution in [0.25, 0.3) is 44.7 Å². The van der Waals surface area contributed by atoms with Crippen molar-refractivity contribution in [1.82, 2.24) is 25.1 Å². The van der Waals surface area contributed by atoms with E-state index in [2.05, 4.69) is 74.7 Å². The number of fused-ring (bicyclic) bond motifs is 4. The Morgan fingerprint density at radius 2 is 1.61 bits per heavy atom. The summed E-state index contributed by atoms with van der Waals surface area (Å²) >= 11 is 0. The van der Waals surface area contributed by atoms with Crippen molar-refractivity contribution in [2.75, 3.05) is 13.2 Å². The molecular weight excluding hydrogens is 544 g/mol. The Balaban J connectivity index is 1.06. The second-order valence-corrected chi connectivity index (χ2v) is 13.2. The molecule has 2 unspecified atom stereocenters. The Morgan fingerprint density at radius 1 is 0.864 bits per heavy atom. The summed E-state index contributed by atoms with van der Waals surface area (Å²) in [5.41, 5.74) is 10.1. The fourth-order valence-corrected chi connectivity index (χ4v) is 7.60. The lowest BCUT2D eigenvalue weighted by Gasteiger charge is -2.56. The summed E-state index contributed by atoms with van der Waals surface area (Å²) in [5, 5.41) is 18.5. The number of pyridine rings is 2. The summed E-state index contributed by atoms with van der Waals surface area (Å²) in [6.45, 7) is 5.67. The minimum atomic E-state index is -0.634. The largest absolute Gasteiger partial charge is 0.378 e. The maximum atomic E-state index is 9.73. The van der Waals surface area contributed by atoms with Crippen LogP contribution in [0.3, 0.4) is 0 Å². The van der Waals surface area contributed by atoms with Gasteiger partial charge in [0, 0.05) is 52.6 Å². The van der Waals surface area contributed by atoms with Gasteiger partial charge in [0.15, 0.2) is 5.65 Å². The number of aromatic nitrogens is 4. The minimum absolute atomic E-state index is 0.634.